The first-order chi connectivity index (χ1) is 15.1. The van der Waals surface area contributed by atoms with Crippen LogP contribution in [-0.4, -0.2) is 10.5 Å². The first-order valence-corrected chi connectivity index (χ1v) is 10.2. The van der Waals surface area contributed by atoms with Gasteiger partial charge in [0, 0.05) is 29.2 Å². The molecular formula is C24H18ClF3N2O2. The van der Waals surface area contributed by atoms with Crippen LogP contribution in [0.4, 0.5) is 13.2 Å². The predicted molar refractivity (Wildman–Crippen MR) is 117 cm³/mol. The maximum absolute atomic E-state index is 12.8. The Morgan fingerprint density at radius 3 is 2.41 bits per heavy atom. The summed E-state index contributed by atoms with van der Waals surface area (Å²) in [5, 5.41) is 3.22. The number of rotatable bonds is 3. The van der Waals surface area contributed by atoms with Gasteiger partial charge in [0.15, 0.2) is 0 Å². The summed E-state index contributed by atoms with van der Waals surface area (Å²) in [4.78, 5) is 24.6. The van der Waals surface area contributed by atoms with Crippen molar-refractivity contribution < 1.29 is 18.0 Å². The van der Waals surface area contributed by atoms with Gasteiger partial charge in [0.1, 0.15) is 0 Å². The van der Waals surface area contributed by atoms with Gasteiger partial charge < -0.3 is 5.32 Å². The fourth-order valence-electron chi connectivity index (χ4n) is 3.78. The van der Waals surface area contributed by atoms with Gasteiger partial charge in [-0.1, -0.05) is 48.5 Å². The first-order valence-electron chi connectivity index (χ1n) is 9.83. The Bertz CT molecular complexity index is 1260. The lowest BCUT2D eigenvalue weighted by atomic mass is 9.88. The summed E-state index contributed by atoms with van der Waals surface area (Å²) in [7, 11) is 0. The highest BCUT2D eigenvalue weighted by Gasteiger charge is 2.31. The average Bonchev–Trinajstić information content (AvgIpc) is 2.74. The maximum atomic E-state index is 12.8. The van der Waals surface area contributed by atoms with E-state index >= 15 is 0 Å². The van der Waals surface area contributed by atoms with E-state index in [0.29, 0.717) is 40.9 Å². The molecule has 1 atom stereocenters. The topological polar surface area (TPSA) is 51.1 Å². The number of alkyl halides is 3. The van der Waals surface area contributed by atoms with Gasteiger partial charge in [0.25, 0.3) is 5.56 Å². The third-order valence-corrected chi connectivity index (χ3v) is 5.88. The number of amides is 1. The van der Waals surface area contributed by atoms with Crippen LogP contribution in [-0.2, 0) is 11.0 Å². The molecule has 0 spiro atoms. The molecule has 0 radical (unpaired) electrons. The molecule has 32 heavy (non-hydrogen) atoms. The largest absolute Gasteiger partial charge is 0.416 e. The Hall–Kier alpha value is -3.32. The summed E-state index contributed by atoms with van der Waals surface area (Å²) in [6.45, 7) is 3.79. The molecule has 2 aromatic carbocycles. The standard InChI is InChI=1S/C24H18ClF3N2O2/c1-14-5-10-20(23(32)29-14)19-4-2-3-18(22(19)25)15-6-8-17(9-7-15)30-12-11-16(13-21(30)31)24(26,27)28/h2-4,6-9,11-13,20H,1,5,10H2,(H,29,32). The van der Waals surface area contributed by atoms with E-state index in [9.17, 15) is 22.8 Å². The zero-order chi connectivity index (χ0) is 23.0. The number of nitrogens with zero attached hydrogens (tertiary/aromatic N) is 1. The fraction of sp³-hybridized carbons (Fsp3) is 0.167. The predicted octanol–water partition coefficient (Wildman–Crippen LogP) is 5.68. The molecule has 4 rings (SSSR count). The molecule has 3 aromatic rings. The van der Waals surface area contributed by atoms with Crippen molar-refractivity contribution in [1.29, 1.82) is 0 Å². The second kappa shape index (κ2) is 8.31. The van der Waals surface area contributed by atoms with Gasteiger partial charge in [0.2, 0.25) is 5.91 Å². The van der Waals surface area contributed by atoms with Crippen LogP contribution in [0.15, 0.2) is 77.9 Å². The SMILES string of the molecule is C=C1CCC(c2cccc(-c3ccc(-n4ccc(C(F)(F)F)cc4=O)cc3)c2Cl)C(=O)N1. The zero-order valence-corrected chi connectivity index (χ0v) is 17.5. The summed E-state index contributed by atoms with van der Waals surface area (Å²) < 4.78 is 39.5. The van der Waals surface area contributed by atoms with Gasteiger partial charge in [-0.3, -0.25) is 14.2 Å². The van der Waals surface area contributed by atoms with Crippen LogP contribution in [0.25, 0.3) is 16.8 Å². The summed E-state index contributed by atoms with van der Waals surface area (Å²) in [5.74, 6) is -0.518. The van der Waals surface area contributed by atoms with Gasteiger partial charge in [0.05, 0.1) is 16.5 Å². The van der Waals surface area contributed by atoms with E-state index in [-0.39, 0.29) is 11.8 Å². The zero-order valence-electron chi connectivity index (χ0n) is 16.7. The molecule has 1 unspecified atom stereocenters. The van der Waals surface area contributed by atoms with Crippen LogP contribution < -0.4 is 10.9 Å². The number of allylic oxidation sites excluding steroid dienone is 1. The van der Waals surface area contributed by atoms with Crippen LogP contribution in [0.1, 0.15) is 29.9 Å². The number of pyridine rings is 1. The Morgan fingerprint density at radius 2 is 1.78 bits per heavy atom. The van der Waals surface area contributed by atoms with E-state index in [0.717, 1.165) is 28.0 Å². The molecule has 164 valence electrons. The van der Waals surface area contributed by atoms with Crippen molar-refractivity contribution >= 4 is 17.5 Å². The number of hydrogen-bond acceptors (Lipinski definition) is 2. The van der Waals surface area contributed by atoms with Gasteiger partial charge >= 0.3 is 6.18 Å². The molecule has 1 amide bonds. The molecule has 0 aliphatic carbocycles. The number of piperidine rings is 1. The quantitative estimate of drug-likeness (QED) is 0.548. The third kappa shape index (κ3) is 4.21. The molecule has 1 fully saturated rings. The van der Waals surface area contributed by atoms with Crippen molar-refractivity contribution in [3.8, 4) is 16.8 Å². The second-order valence-electron chi connectivity index (χ2n) is 7.56. The van der Waals surface area contributed by atoms with Crippen molar-refractivity contribution in [3.05, 3.63) is 99.6 Å². The first kappa shape index (κ1) is 21.9. The van der Waals surface area contributed by atoms with Crippen molar-refractivity contribution in [3.63, 3.8) is 0 Å². The number of aromatic nitrogens is 1. The minimum absolute atomic E-state index is 0.141. The van der Waals surface area contributed by atoms with Crippen LogP contribution in [0, 0.1) is 0 Å². The number of carbonyl (C=O) groups excluding carboxylic acids is 1. The van der Waals surface area contributed by atoms with Crippen LogP contribution in [0.3, 0.4) is 0 Å². The van der Waals surface area contributed by atoms with Crippen molar-refractivity contribution in [2.45, 2.75) is 24.9 Å². The number of halogens is 4. The lowest BCUT2D eigenvalue weighted by molar-refractivity contribution is -0.137. The highest BCUT2D eigenvalue weighted by molar-refractivity contribution is 6.34. The van der Waals surface area contributed by atoms with Gasteiger partial charge in [-0.25, -0.2) is 0 Å². The van der Waals surface area contributed by atoms with E-state index < -0.39 is 17.3 Å². The molecule has 1 aromatic heterocycles. The Morgan fingerprint density at radius 1 is 1.06 bits per heavy atom. The normalized spacial score (nSPS) is 16.7. The highest BCUT2D eigenvalue weighted by Crippen LogP contribution is 2.38. The number of carbonyl (C=O) groups is 1. The molecule has 1 N–H and O–H groups in total. The summed E-state index contributed by atoms with van der Waals surface area (Å²) in [5.41, 5.74) is 1.52. The molecule has 0 saturated carbocycles. The van der Waals surface area contributed by atoms with Crippen molar-refractivity contribution in [2.24, 2.45) is 0 Å². The van der Waals surface area contributed by atoms with E-state index in [1.807, 2.05) is 18.2 Å². The van der Waals surface area contributed by atoms with E-state index in [1.165, 1.54) is 0 Å². The van der Waals surface area contributed by atoms with Crippen LogP contribution in [0.5, 0.6) is 0 Å². The lowest BCUT2D eigenvalue weighted by Gasteiger charge is -2.25. The highest BCUT2D eigenvalue weighted by atomic mass is 35.5. The Kier molecular flexibility index (Phi) is 5.69. The molecule has 1 aliphatic rings. The van der Waals surface area contributed by atoms with Crippen LogP contribution >= 0.6 is 11.6 Å². The molecule has 4 nitrogen and oxygen atoms in total. The summed E-state index contributed by atoms with van der Waals surface area (Å²) >= 11 is 6.66. The third-order valence-electron chi connectivity index (χ3n) is 5.46. The molecule has 8 heteroatoms. The summed E-state index contributed by atoms with van der Waals surface area (Å²) in [6.07, 6.45) is -2.19. The van der Waals surface area contributed by atoms with E-state index in [2.05, 4.69) is 11.9 Å². The average molecular weight is 459 g/mol. The maximum Gasteiger partial charge on any atom is 0.416 e. The van der Waals surface area contributed by atoms with Gasteiger partial charge in [-0.2, -0.15) is 13.2 Å². The van der Waals surface area contributed by atoms with Gasteiger partial charge in [-0.15, -0.1) is 0 Å². The Balaban J connectivity index is 1.65. The fourth-order valence-corrected chi connectivity index (χ4v) is 4.15. The van der Waals surface area contributed by atoms with Gasteiger partial charge in [-0.05, 0) is 42.2 Å². The lowest BCUT2D eigenvalue weighted by Crippen LogP contribution is -2.33. The van der Waals surface area contributed by atoms with Crippen LogP contribution in [0.2, 0.25) is 5.02 Å². The van der Waals surface area contributed by atoms with Crippen molar-refractivity contribution in [2.75, 3.05) is 0 Å². The molecular weight excluding hydrogens is 441 g/mol. The number of benzene rings is 2. The molecule has 0 bridgehead atoms. The van der Waals surface area contributed by atoms with E-state index in [1.54, 1.807) is 24.3 Å². The molecule has 1 aliphatic heterocycles. The van der Waals surface area contributed by atoms with Crippen molar-refractivity contribution in [1.82, 2.24) is 9.88 Å². The Labute approximate surface area is 187 Å². The minimum Gasteiger partial charge on any atom is -0.330 e. The minimum atomic E-state index is -4.58. The number of hydrogen-bond donors (Lipinski definition) is 1. The summed E-state index contributed by atoms with van der Waals surface area (Å²) in [6, 6.07) is 13.6. The molecule has 2 heterocycles. The van der Waals surface area contributed by atoms with E-state index in [4.69, 9.17) is 11.6 Å². The second-order valence-corrected chi connectivity index (χ2v) is 7.94. The monoisotopic (exact) mass is 458 g/mol. The number of nitrogens with one attached hydrogen (secondary N) is 1. The smallest absolute Gasteiger partial charge is 0.330 e. The molecule has 1 saturated heterocycles.